The summed E-state index contributed by atoms with van der Waals surface area (Å²) >= 11 is 3.13. The Kier molecular flexibility index (Phi) is 6.73. The molecule has 0 aliphatic rings. The molecule has 0 spiro atoms. The second-order valence-electron chi connectivity index (χ2n) is 3.42. The van der Waals surface area contributed by atoms with Crippen LogP contribution in [0.25, 0.3) is 0 Å². The van der Waals surface area contributed by atoms with Crippen LogP contribution in [0.5, 0.6) is 0 Å². The van der Waals surface area contributed by atoms with Crippen LogP contribution in [-0.2, 0) is 9.59 Å². The van der Waals surface area contributed by atoms with Crippen molar-refractivity contribution in [3.05, 3.63) is 17.5 Å². The van der Waals surface area contributed by atoms with E-state index in [0.29, 0.717) is 25.1 Å². The zero-order valence-corrected chi connectivity index (χ0v) is 11.0. The monoisotopic (exact) mass is 273 g/mol. The first-order chi connectivity index (χ1) is 8.18. The molecular formula is C11H15NO3S2. The molecule has 0 unspecified atom stereocenters. The van der Waals surface area contributed by atoms with Crippen molar-refractivity contribution in [3.8, 4) is 0 Å². The topological polar surface area (TPSA) is 66.4 Å². The molecule has 2 N–H and O–H groups in total. The number of thiophene rings is 1. The predicted octanol–water partition coefficient (Wildman–Crippen LogP) is 2.21. The van der Waals surface area contributed by atoms with Crippen LogP contribution in [0.1, 0.15) is 19.3 Å². The molecular weight excluding hydrogens is 258 g/mol. The summed E-state index contributed by atoms with van der Waals surface area (Å²) in [7, 11) is 0. The van der Waals surface area contributed by atoms with Gasteiger partial charge in [0.05, 0.1) is 9.96 Å². The van der Waals surface area contributed by atoms with Gasteiger partial charge >= 0.3 is 5.97 Å². The van der Waals surface area contributed by atoms with Gasteiger partial charge < -0.3 is 10.4 Å². The number of hydrogen-bond acceptors (Lipinski definition) is 4. The number of nitrogens with one attached hydrogen (secondary N) is 1. The zero-order chi connectivity index (χ0) is 12.5. The highest BCUT2D eigenvalue weighted by atomic mass is 32.2. The van der Waals surface area contributed by atoms with Crippen LogP contribution in [0.3, 0.4) is 0 Å². The van der Waals surface area contributed by atoms with E-state index in [-0.39, 0.29) is 12.3 Å². The number of carbonyl (C=O) groups is 2. The lowest BCUT2D eigenvalue weighted by molar-refractivity contribution is -0.137. The van der Waals surface area contributed by atoms with Crippen molar-refractivity contribution in [2.24, 2.45) is 0 Å². The molecule has 0 aliphatic heterocycles. The van der Waals surface area contributed by atoms with E-state index in [9.17, 15) is 9.59 Å². The van der Waals surface area contributed by atoms with Crippen LogP contribution >= 0.6 is 23.1 Å². The Morgan fingerprint density at radius 1 is 1.41 bits per heavy atom. The Labute approximate surface area is 108 Å². The number of rotatable bonds is 8. The maximum absolute atomic E-state index is 11.4. The maximum Gasteiger partial charge on any atom is 0.303 e. The highest BCUT2D eigenvalue weighted by Gasteiger charge is 2.03. The van der Waals surface area contributed by atoms with Gasteiger partial charge in [-0.3, -0.25) is 9.59 Å². The van der Waals surface area contributed by atoms with Crippen LogP contribution in [-0.4, -0.2) is 29.3 Å². The number of thioether (sulfide) groups is 1. The first kappa shape index (κ1) is 14.1. The number of hydrogen-bond donors (Lipinski definition) is 2. The van der Waals surface area contributed by atoms with E-state index in [1.54, 1.807) is 11.3 Å². The van der Waals surface area contributed by atoms with Crippen molar-refractivity contribution < 1.29 is 14.7 Å². The third-order valence-electron chi connectivity index (χ3n) is 1.98. The van der Waals surface area contributed by atoms with Crippen molar-refractivity contribution in [2.75, 3.05) is 12.3 Å². The lowest BCUT2D eigenvalue weighted by Gasteiger charge is -2.03. The minimum Gasteiger partial charge on any atom is -0.481 e. The number of amides is 1. The molecule has 6 heteroatoms. The van der Waals surface area contributed by atoms with Crippen molar-refractivity contribution in [1.82, 2.24) is 5.32 Å². The zero-order valence-electron chi connectivity index (χ0n) is 9.35. The van der Waals surface area contributed by atoms with Gasteiger partial charge in [-0.05, 0) is 24.3 Å². The molecule has 1 heterocycles. The van der Waals surface area contributed by atoms with Gasteiger partial charge in [-0.1, -0.05) is 6.07 Å². The summed E-state index contributed by atoms with van der Waals surface area (Å²) in [6.45, 7) is 0.553. The molecule has 1 amide bonds. The first-order valence-corrected chi connectivity index (χ1v) is 7.20. The van der Waals surface area contributed by atoms with E-state index in [0.717, 1.165) is 4.21 Å². The smallest absolute Gasteiger partial charge is 0.303 e. The lowest BCUT2D eigenvalue weighted by atomic mass is 10.2. The van der Waals surface area contributed by atoms with Gasteiger partial charge in [0, 0.05) is 13.0 Å². The number of carbonyl (C=O) groups excluding carboxylic acids is 1. The molecule has 0 radical (unpaired) electrons. The summed E-state index contributed by atoms with van der Waals surface area (Å²) in [5.74, 6) is -0.372. The first-order valence-electron chi connectivity index (χ1n) is 5.33. The fraction of sp³-hybridized carbons (Fsp3) is 0.455. The van der Waals surface area contributed by atoms with Crippen molar-refractivity contribution in [2.45, 2.75) is 23.5 Å². The third kappa shape index (κ3) is 7.01. The maximum atomic E-state index is 11.4. The van der Waals surface area contributed by atoms with Crippen LogP contribution in [0.4, 0.5) is 0 Å². The van der Waals surface area contributed by atoms with Crippen LogP contribution in [0, 0.1) is 0 Å². The summed E-state index contributed by atoms with van der Waals surface area (Å²) in [6.07, 6.45) is 1.48. The molecule has 1 aromatic heterocycles. The fourth-order valence-electron chi connectivity index (χ4n) is 1.16. The lowest BCUT2D eigenvalue weighted by Crippen LogP contribution is -2.26. The van der Waals surface area contributed by atoms with E-state index in [1.807, 2.05) is 17.5 Å². The number of carboxylic acid groups (broad SMARTS) is 1. The third-order valence-corrected chi connectivity index (χ3v) is 4.11. The van der Waals surface area contributed by atoms with Crippen molar-refractivity contribution in [3.63, 3.8) is 0 Å². The van der Waals surface area contributed by atoms with Crippen LogP contribution < -0.4 is 5.32 Å². The molecule has 1 aromatic rings. The average molecular weight is 273 g/mol. The van der Waals surface area contributed by atoms with Gasteiger partial charge in [-0.2, -0.15) is 0 Å². The van der Waals surface area contributed by atoms with Gasteiger partial charge in [-0.25, -0.2) is 0 Å². The molecule has 0 saturated heterocycles. The molecule has 0 saturated carbocycles. The molecule has 94 valence electrons. The van der Waals surface area contributed by atoms with E-state index < -0.39 is 5.97 Å². The second kappa shape index (κ2) is 8.14. The molecule has 0 aliphatic carbocycles. The van der Waals surface area contributed by atoms with Gasteiger partial charge in [0.15, 0.2) is 0 Å². The largest absolute Gasteiger partial charge is 0.481 e. The van der Waals surface area contributed by atoms with Crippen LogP contribution in [0.2, 0.25) is 0 Å². The highest BCUT2D eigenvalue weighted by molar-refractivity contribution is 8.01. The molecule has 0 aromatic carbocycles. The van der Waals surface area contributed by atoms with Crippen molar-refractivity contribution >= 4 is 35.0 Å². The summed E-state index contributed by atoms with van der Waals surface area (Å²) in [5, 5.41) is 13.2. The summed E-state index contributed by atoms with van der Waals surface area (Å²) in [5.41, 5.74) is 0. The van der Waals surface area contributed by atoms with Gasteiger partial charge in [0.25, 0.3) is 0 Å². The van der Waals surface area contributed by atoms with Gasteiger partial charge in [0.1, 0.15) is 0 Å². The van der Waals surface area contributed by atoms with E-state index >= 15 is 0 Å². The van der Waals surface area contributed by atoms with Gasteiger partial charge in [-0.15, -0.1) is 23.1 Å². The van der Waals surface area contributed by atoms with Crippen molar-refractivity contribution in [1.29, 1.82) is 0 Å². The normalized spacial score (nSPS) is 10.1. The second-order valence-corrected chi connectivity index (χ2v) is 5.64. The Morgan fingerprint density at radius 2 is 2.24 bits per heavy atom. The standard InChI is InChI=1S/C11H15NO3S2/c13-9(8-17-11-5-3-7-16-11)12-6-2-1-4-10(14)15/h3,5,7H,1-2,4,6,8H2,(H,12,13)(H,14,15). The van der Waals surface area contributed by atoms with E-state index in [4.69, 9.17) is 5.11 Å². The number of aliphatic carboxylic acids is 1. The van der Waals surface area contributed by atoms with E-state index in [2.05, 4.69) is 5.32 Å². The Bertz CT molecular complexity index is 352. The SMILES string of the molecule is O=C(O)CCCCNC(=O)CSc1cccs1. The number of unbranched alkanes of at least 4 members (excludes halogenated alkanes) is 1. The molecule has 1 rings (SSSR count). The minimum absolute atomic E-state index is 0.00118. The summed E-state index contributed by atoms with van der Waals surface area (Å²) < 4.78 is 1.13. The average Bonchev–Trinajstić information content (AvgIpc) is 2.78. The Morgan fingerprint density at radius 3 is 2.88 bits per heavy atom. The minimum atomic E-state index is -0.787. The molecule has 0 fully saturated rings. The molecule has 4 nitrogen and oxygen atoms in total. The highest BCUT2D eigenvalue weighted by Crippen LogP contribution is 2.22. The number of carboxylic acids is 1. The molecule has 17 heavy (non-hydrogen) atoms. The quantitative estimate of drug-likeness (QED) is 0.563. The van der Waals surface area contributed by atoms with E-state index in [1.165, 1.54) is 11.8 Å². The Balaban J connectivity index is 2.00. The Hall–Kier alpha value is -1.01. The summed E-state index contributed by atoms with van der Waals surface area (Å²) in [4.78, 5) is 21.6. The van der Waals surface area contributed by atoms with Crippen LogP contribution in [0.15, 0.2) is 21.7 Å². The predicted molar refractivity (Wildman–Crippen MR) is 69.5 cm³/mol. The summed E-state index contributed by atoms with van der Waals surface area (Å²) in [6, 6.07) is 3.94. The molecule has 0 bridgehead atoms. The molecule has 0 atom stereocenters. The fourth-order valence-corrected chi connectivity index (χ4v) is 2.78. The van der Waals surface area contributed by atoms with Gasteiger partial charge in [0.2, 0.25) is 5.91 Å².